The first-order valence-corrected chi connectivity index (χ1v) is 7.59. The van der Waals surface area contributed by atoms with Crippen molar-refractivity contribution < 1.29 is 18.3 Å². The molecule has 1 atom stereocenters. The standard InChI is InChI=1S/C13H20O4S/c1-3-4-12(9-10-14)18(15,16)13-7-5-11(17-2)6-8-13/h5-8,12,14H,3-4,9-10H2,1-2H3. The average molecular weight is 272 g/mol. The molecule has 5 heteroatoms. The molecule has 0 aliphatic heterocycles. The lowest BCUT2D eigenvalue weighted by Crippen LogP contribution is -2.22. The van der Waals surface area contributed by atoms with Crippen molar-refractivity contribution in [3.63, 3.8) is 0 Å². The minimum atomic E-state index is -3.37. The van der Waals surface area contributed by atoms with Gasteiger partial charge in [-0.2, -0.15) is 0 Å². The Balaban J connectivity index is 3.01. The molecule has 1 aromatic rings. The van der Waals surface area contributed by atoms with Gasteiger partial charge in [0.25, 0.3) is 0 Å². The van der Waals surface area contributed by atoms with Crippen molar-refractivity contribution in [2.45, 2.75) is 36.3 Å². The zero-order chi connectivity index (χ0) is 13.6. The van der Waals surface area contributed by atoms with E-state index in [-0.39, 0.29) is 17.9 Å². The van der Waals surface area contributed by atoms with Crippen molar-refractivity contribution in [2.24, 2.45) is 0 Å². The van der Waals surface area contributed by atoms with Crippen LogP contribution in [-0.2, 0) is 9.84 Å². The molecule has 102 valence electrons. The SMILES string of the molecule is CCCC(CCO)S(=O)(=O)c1ccc(OC)cc1. The van der Waals surface area contributed by atoms with Gasteiger partial charge >= 0.3 is 0 Å². The van der Waals surface area contributed by atoms with Gasteiger partial charge in [0.1, 0.15) is 5.75 Å². The molecule has 1 N–H and O–H groups in total. The van der Waals surface area contributed by atoms with E-state index in [9.17, 15) is 8.42 Å². The minimum Gasteiger partial charge on any atom is -0.497 e. The average Bonchev–Trinajstić information content (AvgIpc) is 2.38. The number of hydrogen-bond donors (Lipinski definition) is 1. The van der Waals surface area contributed by atoms with E-state index in [0.717, 1.165) is 6.42 Å². The highest BCUT2D eigenvalue weighted by molar-refractivity contribution is 7.92. The van der Waals surface area contributed by atoms with E-state index in [1.165, 1.54) is 7.11 Å². The molecule has 1 rings (SSSR count). The summed E-state index contributed by atoms with van der Waals surface area (Å²) in [5, 5.41) is 8.46. The highest BCUT2D eigenvalue weighted by Gasteiger charge is 2.26. The molecule has 1 aromatic carbocycles. The van der Waals surface area contributed by atoms with Crippen molar-refractivity contribution in [1.82, 2.24) is 0 Å². The Morgan fingerprint density at radius 3 is 2.28 bits per heavy atom. The third-order valence-electron chi connectivity index (χ3n) is 2.89. The van der Waals surface area contributed by atoms with E-state index in [0.29, 0.717) is 12.2 Å². The lowest BCUT2D eigenvalue weighted by atomic mass is 10.2. The number of aliphatic hydroxyl groups is 1. The first-order valence-electron chi connectivity index (χ1n) is 6.05. The maximum Gasteiger partial charge on any atom is 0.181 e. The molecule has 0 bridgehead atoms. The number of ether oxygens (including phenoxy) is 1. The highest BCUT2D eigenvalue weighted by atomic mass is 32.2. The minimum absolute atomic E-state index is 0.111. The second-order valence-corrected chi connectivity index (χ2v) is 6.37. The predicted molar refractivity (Wildman–Crippen MR) is 70.6 cm³/mol. The smallest absolute Gasteiger partial charge is 0.181 e. The third kappa shape index (κ3) is 3.46. The first kappa shape index (κ1) is 15.0. The second kappa shape index (κ2) is 6.75. The predicted octanol–water partition coefficient (Wildman–Crippen LogP) is 2.02. The van der Waals surface area contributed by atoms with E-state index in [1.807, 2.05) is 6.92 Å². The lowest BCUT2D eigenvalue weighted by molar-refractivity contribution is 0.283. The molecular formula is C13H20O4S. The zero-order valence-electron chi connectivity index (χ0n) is 10.8. The Morgan fingerprint density at radius 2 is 1.83 bits per heavy atom. The fourth-order valence-electron chi connectivity index (χ4n) is 1.88. The molecule has 0 fully saturated rings. The van der Waals surface area contributed by atoms with Crippen molar-refractivity contribution in [3.8, 4) is 5.75 Å². The monoisotopic (exact) mass is 272 g/mol. The molecular weight excluding hydrogens is 252 g/mol. The van der Waals surface area contributed by atoms with Crippen molar-refractivity contribution >= 4 is 9.84 Å². The Bertz CT molecular complexity index is 444. The maximum absolute atomic E-state index is 12.4. The molecule has 0 aliphatic carbocycles. The van der Waals surface area contributed by atoms with Crippen LogP contribution < -0.4 is 4.74 Å². The lowest BCUT2D eigenvalue weighted by Gasteiger charge is -2.16. The van der Waals surface area contributed by atoms with Gasteiger partial charge in [0.15, 0.2) is 9.84 Å². The van der Waals surface area contributed by atoms with E-state index >= 15 is 0 Å². The van der Waals surface area contributed by atoms with Crippen LogP contribution in [0.3, 0.4) is 0 Å². The van der Waals surface area contributed by atoms with Gasteiger partial charge in [-0.05, 0) is 37.1 Å². The van der Waals surface area contributed by atoms with Crippen LogP contribution in [0.1, 0.15) is 26.2 Å². The fourth-order valence-corrected chi connectivity index (χ4v) is 3.74. The fraction of sp³-hybridized carbons (Fsp3) is 0.538. The van der Waals surface area contributed by atoms with Gasteiger partial charge in [-0.25, -0.2) is 8.42 Å². The van der Waals surface area contributed by atoms with Gasteiger partial charge < -0.3 is 9.84 Å². The Hall–Kier alpha value is -1.07. The highest BCUT2D eigenvalue weighted by Crippen LogP contribution is 2.23. The van der Waals surface area contributed by atoms with Crippen LogP contribution in [0.25, 0.3) is 0 Å². The summed E-state index contributed by atoms with van der Waals surface area (Å²) in [7, 11) is -1.83. The molecule has 0 aliphatic rings. The van der Waals surface area contributed by atoms with E-state index in [2.05, 4.69) is 0 Å². The summed E-state index contributed by atoms with van der Waals surface area (Å²) in [5.41, 5.74) is 0. The molecule has 0 radical (unpaired) electrons. The maximum atomic E-state index is 12.4. The zero-order valence-corrected chi connectivity index (χ0v) is 11.6. The number of aliphatic hydroxyl groups excluding tert-OH is 1. The number of hydrogen-bond acceptors (Lipinski definition) is 4. The summed E-state index contributed by atoms with van der Waals surface area (Å²) in [6, 6.07) is 6.37. The largest absolute Gasteiger partial charge is 0.497 e. The number of methoxy groups -OCH3 is 1. The summed E-state index contributed by atoms with van der Waals surface area (Å²) < 4.78 is 29.7. The third-order valence-corrected chi connectivity index (χ3v) is 5.17. The van der Waals surface area contributed by atoms with Gasteiger partial charge in [-0.1, -0.05) is 13.3 Å². The van der Waals surface area contributed by atoms with E-state index in [4.69, 9.17) is 9.84 Å². The summed E-state index contributed by atoms with van der Waals surface area (Å²) in [5.74, 6) is 0.628. The Labute approximate surface area is 109 Å². The molecule has 0 spiro atoms. The van der Waals surface area contributed by atoms with Crippen molar-refractivity contribution in [1.29, 1.82) is 0 Å². The molecule has 0 saturated carbocycles. The topological polar surface area (TPSA) is 63.6 Å². The molecule has 0 aromatic heterocycles. The van der Waals surface area contributed by atoms with Crippen LogP contribution in [0.15, 0.2) is 29.2 Å². The van der Waals surface area contributed by atoms with Gasteiger partial charge in [0.2, 0.25) is 0 Å². The van der Waals surface area contributed by atoms with Crippen molar-refractivity contribution in [2.75, 3.05) is 13.7 Å². The van der Waals surface area contributed by atoms with Crippen molar-refractivity contribution in [3.05, 3.63) is 24.3 Å². The Kier molecular flexibility index (Phi) is 5.62. The first-order chi connectivity index (χ1) is 8.56. The van der Waals surface area contributed by atoms with Crippen LogP contribution >= 0.6 is 0 Å². The number of rotatable bonds is 7. The molecule has 4 nitrogen and oxygen atoms in total. The van der Waals surface area contributed by atoms with Crippen LogP contribution in [-0.4, -0.2) is 32.5 Å². The Morgan fingerprint density at radius 1 is 1.22 bits per heavy atom. The molecule has 18 heavy (non-hydrogen) atoms. The summed E-state index contributed by atoms with van der Waals surface area (Å²) in [6.07, 6.45) is 1.62. The number of sulfone groups is 1. The van der Waals surface area contributed by atoms with E-state index < -0.39 is 15.1 Å². The van der Waals surface area contributed by atoms with Crippen LogP contribution in [0.2, 0.25) is 0 Å². The van der Waals surface area contributed by atoms with Gasteiger partial charge in [-0.3, -0.25) is 0 Å². The summed E-state index contributed by atoms with van der Waals surface area (Å²) in [4.78, 5) is 0.287. The second-order valence-electron chi connectivity index (χ2n) is 4.14. The quantitative estimate of drug-likeness (QED) is 0.825. The van der Waals surface area contributed by atoms with E-state index in [1.54, 1.807) is 24.3 Å². The van der Waals surface area contributed by atoms with Crippen LogP contribution in [0, 0.1) is 0 Å². The van der Waals surface area contributed by atoms with Crippen LogP contribution in [0.4, 0.5) is 0 Å². The van der Waals surface area contributed by atoms with Gasteiger partial charge in [0, 0.05) is 6.61 Å². The molecule has 0 heterocycles. The molecule has 0 amide bonds. The van der Waals surface area contributed by atoms with Crippen LogP contribution in [0.5, 0.6) is 5.75 Å². The number of benzene rings is 1. The normalized spacial score (nSPS) is 13.3. The van der Waals surface area contributed by atoms with Gasteiger partial charge in [0.05, 0.1) is 17.3 Å². The van der Waals surface area contributed by atoms with Gasteiger partial charge in [-0.15, -0.1) is 0 Å². The molecule has 1 unspecified atom stereocenters. The molecule has 0 saturated heterocycles. The summed E-state index contributed by atoms with van der Waals surface area (Å²) in [6.45, 7) is 1.83. The summed E-state index contributed by atoms with van der Waals surface area (Å²) >= 11 is 0.